The van der Waals surface area contributed by atoms with Gasteiger partial charge in [0.2, 0.25) is 0 Å². The quantitative estimate of drug-likeness (QED) is 0.724. The predicted octanol–water partition coefficient (Wildman–Crippen LogP) is 1.82. The monoisotopic (exact) mass is 269 g/mol. The minimum atomic E-state index is -1.06. The molecule has 0 unspecified atom stereocenters. The molecule has 2 aromatic rings. The van der Waals surface area contributed by atoms with Crippen molar-refractivity contribution < 1.29 is 19.4 Å². The van der Waals surface area contributed by atoms with Gasteiger partial charge < -0.3 is 15.5 Å². The maximum Gasteiger partial charge on any atom is 0.346 e. The van der Waals surface area contributed by atoms with Crippen molar-refractivity contribution in [3.8, 4) is 0 Å². The van der Waals surface area contributed by atoms with E-state index >= 15 is 0 Å². The number of carboxylic acids is 1. The van der Waals surface area contributed by atoms with Crippen LogP contribution >= 0.6 is 11.3 Å². The predicted molar refractivity (Wildman–Crippen MR) is 67.5 cm³/mol. The number of hydrogen-bond donors (Lipinski definition) is 3. The number of rotatable bonds is 5. The Bertz CT molecular complexity index is 582. The first-order chi connectivity index (χ1) is 8.65. The summed E-state index contributed by atoms with van der Waals surface area (Å²) in [5, 5.41) is 21.0. The Morgan fingerprint density at radius 2 is 2.22 bits per heavy atom. The van der Waals surface area contributed by atoms with Crippen LogP contribution in [0, 0.1) is 5.82 Å². The van der Waals surface area contributed by atoms with Gasteiger partial charge in [0.25, 0.3) is 0 Å². The lowest BCUT2D eigenvalue weighted by Crippen LogP contribution is -2.18. The second kappa shape index (κ2) is 5.43. The van der Waals surface area contributed by atoms with E-state index in [4.69, 9.17) is 10.2 Å². The van der Waals surface area contributed by atoms with Crippen LogP contribution in [0.15, 0.2) is 18.2 Å². The molecule has 1 aromatic heterocycles. The van der Waals surface area contributed by atoms with Gasteiger partial charge in [-0.25, -0.2) is 9.18 Å². The summed E-state index contributed by atoms with van der Waals surface area (Å²) in [5.74, 6) is -1.48. The van der Waals surface area contributed by atoms with Crippen LogP contribution in [0.2, 0.25) is 0 Å². The van der Waals surface area contributed by atoms with Gasteiger partial charge in [-0.05, 0) is 12.1 Å². The summed E-state index contributed by atoms with van der Waals surface area (Å²) in [6.45, 7) is 0.515. The molecule has 96 valence electrons. The second-order valence-corrected chi connectivity index (χ2v) is 4.78. The third kappa shape index (κ3) is 2.35. The van der Waals surface area contributed by atoms with Crippen molar-refractivity contribution >= 4 is 27.4 Å². The Kier molecular flexibility index (Phi) is 3.90. The minimum absolute atomic E-state index is 0.0487. The van der Waals surface area contributed by atoms with E-state index in [0.717, 1.165) is 11.3 Å². The SMILES string of the molecule is O=C(O)c1sc2cccc(F)c2c1CNCCO. The second-order valence-electron chi connectivity index (χ2n) is 3.73. The average Bonchev–Trinajstić information content (AvgIpc) is 2.70. The summed E-state index contributed by atoms with van der Waals surface area (Å²) in [4.78, 5) is 11.3. The average molecular weight is 269 g/mol. The van der Waals surface area contributed by atoms with Gasteiger partial charge in [-0.3, -0.25) is 0 Å². The summed E-state index contributed by atoms with van der Waals surface area (Å²) in [6.07, 6.45) is 0. The number of nitrogens with one attached hydrogen (secondary N) is 1. The highest BCUT2D eigenvalue weighted by Crippen LogP contribution is 2.33. The number of aliphatic hydroxyl groups excluding tert-OH is 1. The van der Waals surface area contributed by atoms with Gasteiger partial charge in [0, 0.05) is 28.7 Å². The van der Waals surface area contributed by atoms with Gasteiger partial charge in [0.05, 0.1) is 6.61 Å². The van der Waals surface area contributed by atoms with Crippen molar-refractivity contribution in [1.29, 1.82) is 0 Å². The molecule has 0 spiro atoms. The molecule has 0 atom stereocenters. The molecular formula is C12H12FNO3S. The number of benzene rings is 1. The van der Waals surface area contributed by atoms with Crippen LogP contribution in [0.25, 0.3) is 10.1 Å². The molecule has 0 bridgehead atoms. The highest BCUT2D eigenvalue weighted by atomic mass is 32.1. The molecule has 1 heterocycles. The molecule has 0 fully saturated rings. The summed E-state index contributed by atoms with van der Waals surface area (Å²) in [5.41, 5.74) is 0.439. The first kappa shape index (κ1) is 12.9. The number of aliphatic hydroxyl groups is 1. The van der Waals surface area contributed by atoms with E-state index in [9.17, 15) is 9.18 Å². The number of hydrogen-bond acceptors (Lipinski definition) is 4. The zero-order valence-corrected chi connectivity index (χ0v) is 10.3. The van der Waals surface area contributed by atoms with Gasteiger partial charge >= 0.3 is 5.97 Å². The third-order valence-corrected chi connectivity index (χ3v) is 3.73. The van der Waals surface area contributed by atoms with E-state index in [1.54, 1.807) is 12.1 Å². The van der Waals surface area contributed by atoms with E-state index in [1.807, 2.05) is 0 Å². The maximum absolute atomic E-state index is 13.8. The molecule has 6 heteroatoms. The zero-order valence-electron chi connectivity index (χ0n) is 9.44. The van der Waals surface area contributed by atoms with Crippen LogP contribution in [0.5, 0.6) is 0 Å². The summed E-state index contributed by atoms with van der Waals surface area (Å²) in [6, 6.07) is 4.58. The summed E-state index contributed by atoms with van der Waals surface area (Å²) in [7, 11) is 0. The standard InChI is InChI=1S/C12H12FNO3S/c13-8-2-1-3-9-10(8)7(6-14-4-5-15)11(18-9)12(16)17/h1-3,14-15H,4-6H2,(H,16,17). The fraction of sp³-hybridized carbons (Fsp3) is 0.250. The molecule has 1 aromatic carbocycles. The van der Waals surface area contributed by atoms with Crippen molar-refractivity contribution in [3.05, 3.63) is 34.5 Å². The highest BCUT2D eigenvalue weighted by Gasteiger charge is 2.19. The minimum Gasteiger partial charge on any atom is -0.477 e. The number of carbonyl (C=O) groups is 1. The largest absolute Gasteiger partial charge is 0.477 e. The van der Waals surface area contributed by atoms with Crippen LogP contribution in [-0.4, -0.2) is 29.3 Å². The van der Waals surface area contributed by atoms with Gasteiger partial charge in [0.15, 0.2) is 0 Å². The molecule has 18 heavy (non-hydrogen) atoms. The first-order valence-corrected chi connectivity index (χ1v) is 6.21. The summed E-state index contributed by atoms with van der Waals surface area (Å²) < 4.78 is 14.4. The van der Waals surface area contributed by atoms with Gasteiger partial charge in [-0.1, -0.05) is 6.07 Å². The Morgan fingerprint density at radius 3 is 2.89 bits per heavy atom. The number of fused-ring (bicyclic) bond motifs is 1. The lowest BCUT2D eigenvalue weighted by atomic mass is 10.1. The maximum atomic E-state index is 13.8. The van der Waals surface area contributed by atoms with E-state index in [-0.39, 0.29) is 18.0 Å². The third-order valence-electron chi connectivity index (χ3n) is 2.55. The molecular weight excluding hydrogens is 257 g/mol. The van der Waals surface area contributed by atoms with E-state index < -0.39 is 11.8 Å². The molecule has 0 saturated heterocycles. The molecule has 0 radical (unpaired) electrons. The fourth-order valence-corrected chi connectivity index (χ4v) is 2.88. The lowest BCUT2D eigenvalue weighted by molar-refractivity contribution is 0.0701. The van der Waals surface area contributed by atoms with Crippen LogP contribution in [0.4, 0.5) is 4.39 Å². The van der Waals surface area contributed by atoms with Crippen molar-refractivity contribution in [3.63, 3.8) is 0 Å². The first-order valence-electron chi connectivity index (χ1n) is 5.40. The van der Waals surface area contributed by atoms with Crippen molar-refractivity contribution in [2.45, 2.75) is 6.54 Å². The van der Waals surface area contributed by atoms with E-state index in [1.165, 1.54) is 6.07 Å². The van der Waals surface area contributed by atoms with Gasteiger partial charge in [-0.15, -0.1) is 11.3 Å². The molecule has 0 saturated carbocycles. The highest BCUT2D eigenvalue weighted by molar-refractivity contribution is 7.21. The van der Waals surface area contributed by atoms with Crippen LogP contribution in [0.3, 0.4) is 0 Å². The molecule has 4 nitrogen and oxygen atoms in total. The Morgan fingerprint density at radius 1 is 1.44 bits per heavy atom. The molecule has 3 N–H and O–H groups in total. The lowest BCUT2D eigenvalue weighted by Gasteiger charge is -2.04. The normalized spacial score (nSPS) is 11.0. The zero-order chi connectivity index (χ0) is 13.1. The molecule has 0 aliphatic heterocycles. The molecule has 0 aliphatic carbocycles. The summed E-state index contributed by atoms with van der Waals surface area (Å²) >= 11 is 1.06. The smallest absolute Gasteiger partial charge is 0.346 e. The van der Waals surface area contributed by atoms with Crippen LogP contribution < -0.4 is 5.32 Å². The Balaban J connectivity index is 2.51. The topological polar surface area (TPSA) is 69.6 Å². The van der Waals surface area contributed by atoms with Gasteiger partial charge in [-0.2, -0.15) is 0 Å². The number of carboxylic acid groups (broad SMARTS) is 1. The molecule has 0 amide bonds. The molecule has 2 rings (SSSR count). The van der Waals surface area contributed by atoms with Crippen LogP contribution in [-0.2, 0) is 6.54 Å². The van der Waals surface area contributed by atoms with E-state index in [0.29, 0.717) is 22.2 Å². The van der Waals surface area contributed by atoms with Gasteiger partial charge in [0.1, 0.15) is 10.7 Å². The Hall–Kier alpha value is -1.50. The Labute approximate surface area is 107 Å². The van der Waals surface area contributed by atoms with E-state index in [2.05, 4.69) is 5.32 Å². The number of thiophene rings is 1. The van der Waals surface area contributed by atoms with Crippen molar-refractivity contribution in [2.24, 2.45) is 0 Å². The number of halogens is 1. The fourth-order valence-electron chi connectivity index (χ4n) is 1.80. The van der Waals surface area contributed by atoms with Crippen molar-refractivity contribution in [1.82, 2.24) is 5.32 Å². The van der Waals surface area contributed by atoms with Crippen LogP contribution in [0.1, 0.15) is 15.2 Å². The van der Waals surface area contributed by atoms with Crippen molar-refractivity contribution in [2.75, 3.05) is 13.2 Å². The number of aromatic carboxylic acids is 1. The molecule has 0 aliphatic rings.